The molecule has 1 heterocycles. The van der Waals surface area contributed by atoms with E-state index in [1.807, 2.05) is 0 Å². The summed E-state index contributed by atoms with van der Waals surface area (Å²) in [5.74, 6) is -1.21. The Morgan fingerprint density at radius 1 is 1.28 bits per heavy atom. The zero-order chi connectivity index (χ0) is 18.0. The molecule has 9 heteroatoms. The van der Waals surface area contributed by atoms with Gasteiger partial charge in [0.1, 0.15) is 5.82 Å². The minimum absolute atomic E-state index is 0.0449. The van der Waals surface area contributed by atoms with Crippen molar-refractivity contribution in [3.8, 4) is 5.69 Å². The zero-order valence-corrected chi connectivity index (χ0v) is 14.5. The molecule has 2 aromatic carbocycles. The van der Waals surface area contributed by atoms with Gasteiger partial charge in [-0.3, -0.25) is 9.00 Å². The van der Waals surface area contributed by atoms with Crippen LogP contribution in [0.25, 0.3) is 5.69 Å². The van der Waals surface area contributed by atoms with Gasteiger partial charge in [-0.1, -0.05) is 28.9 Å². The summed E-state index contributed by atoms with van der Waals surface area (Å²) in [6, 6.07) is 10.9. The number of para-hydroxylation sites is 1. The number of amides is 1. The van der Waals surface area contributed by atoms with Gasteiger partial charge < -0.3 is 5.32 Å². The number of carbonyl (C=O) groups is 1. The summed E-state index contributed by atoms with van der Waals surface area (Å²) >= 11 is 6.08. The Hall–Kier alpha value is -2.58. The van der Waals surface area contributed by atoms with Gasteiger partial charge in [0.05, 0.1) is 32.6 Å². The lowest BCUT2D eigenvalue weighted by molar-refractivity contribution is 0.102. The van der Waals surface area contributed by atoms with Crippen LogP contribution in [0.3, 0.4) is 0 Å². The summed E-state index contributed by atoms with van der Waals surface area (Å²) in [4.78, 5) is 12.3. The van der Waals surface area contributed by atoms with Gasteiger partial charge in [-0.05, 0) is 30.3 Å². The Bertz CT molecular complexity index is 976. The van der Waals surface area contributed by atoms with Crippen molar-refractivity contribution in [2.75, 3.05) is 11.6 Å². The second-order valence-electron chi connectivity index (χ2n) is 5.05. The molecule has 0 bridgehead atoms. The first-order valence-corrected chi connectivity index (χ1v) is 9.01. The monoisotopic (exact) mass is 378 g/mol. The Kier molecular flexibility index (Phi) is 4.91. The van der Waals surface area contributed by atoms with Crippen molar-refractivity contribution in [3.05, 3.63) is 65.2 Å². The quantitative estimate of drug-likeness (QED) is 0.757. The number of hydrogen-bond acceptors (Lipinski definition) is 4. The van der Waals surface area contributed by atoms with Crippen LogP contribution in [0.4, 0.5) is 10.1 Å². The van der Waals surface area contributed by atoms with Crippen molar-refractivity contribution < 1.29 is 13.4 Å². The van der Waals surface area contributed by atoms with E-state index in [1.165, 1.54) is 29.3 Å². The van der Waals surface area contributed by atoms with Gasteiger partial charge in [0, 0.05) is 11.9 Å². The highest BCUT2D eigenvalue weighted by Crippen LogP contribution is 2.20. The summed E-state index contributed by atoms with van der Waals surface area (Å²) in [5.41, 5.74) is 0.851. The Morgan fingerprint density at radius 3 is 2.72 bits per heavy atom. The van der Waals surface area contributed by atoms with E-state index >= 15 is 0 Å². The molecule has 3 rings (SSSR count). The molecule has 0 saturated carbocycles. The third-order valence-corrected chi connectivity index (χ3v) is 4.59. The van der Waals surface area contributed by atoms with Crippen molar-refractivity contribution in [2.24, 2.45) is 0 Å². The average molecular weight is 379 g/mol. The summed E-state index contributed by atoms with van der Waals surface area (Å²) in [6.07, 6.45) is 2.80. The number of anilines is 1. The molecule has 6 nitrogen and oxygen atoms in total. The summed E-state index contributed by atoms with van der Waals surface area (Å²) in [7, 11) is -1.44. The second kappa shape index (κ2) is 7.12. The molecule has 0 aliphatic carbocycles. The van der Waals surface area contributed by atoms with Crippen molar-refractivity contribution in [1.82, 2.24) is 15.0 Å². The fourth-order valence-corrected chi connectivity index (χ4v) is 2.95. The fraction of sp³-hybridized carbons (Fsp3) is 0.0625. The van der Waals surface area contributed by atoms with Crippen LogP contribution in [-0.4, -0.2) is 31.4 Å². The third-order valence-electron chi connectivity index (χ3n) is 3.32. The number of nitrogens with zero attached hydrogens (tertiary/aromatic N) is 3. The maximum absolute atomic E-state index is 13.8. The van der Waals surface area contributed by atoms with Crippen LogP contribution in [0.1, 0.15) is 10.5 Å². The fourth-order valence-electron chi connectivity index (χ4n) is 2.13. The molecule has 1 aromatic heterocycles. The van der Waals surface area contributed by atoms with Gasteiger partial charge in [-0.25, -0.2) is 9.07 Å². The van der Waals surface area contributed by atoms with E-state index in [9.17, 15) is 13.4 Å². The van der Waals surface area contributed by atoms with Crippen molar-refractivity contribution in [3.63, 3.8) is 0 Å². The third kappa shape index (κ3) is 3.75. The van der Waals surface area contributed by atoms with Crippen LogP contribution in [0.15, 0.2) is 53.6 Å². The molecule has 0 aliphatic heterocycles. The van der Waals surface area contributed by atoms with E-state index in [4.69, 9.17) is 11.6 Å². The van der Waals surface area contributed by atoms with Crippen LogP contribution in [-0.2, 0) is 10.8 Å². The van der Waals surface area contributed by atoms with Crippen LogP contribution < -0.4 is 5.32 Å². The maximum atomic E-state index is 13.8. The van der Waals surface area contributed by atoms with Gasteiger partial charge in [-0.15, -0.1) is 5.10 Å². The van der Waals surface area contributed by atoms with E-state index in [2.05, 4.69) is 15.6 Å². The largest absolute Gasteiger partial charge is 0.320 e. The lowest BCUT2D eigenvalue weighted by atomic mass is 10.3. The number of rotatable bonds is 4. The normalized spacial score (nSPS) is 12.0. The number of hydrogen-bond donors (Lipinski definition) is 1. The van der Waals surface area contributed by atoms with E-state index in [0.717, 1.165) is 6.07 Å². The standard InChI is InChI=1S/C16H12ClFN4O2S/c1-25(24)15-7-6-10(8-12(15)18)19-16(23)13-9-22(21-20-13)14-5-3-2-4-11(14)17/h2-9H,1H3,(H,19,23)/t25-/m0/s1. The van der Waals surface area contributed by atoms with Gasteiger partial charge in [0.25, 0.3) is 5.91 Å². The van der Waals surface area contributed by atoms with Crippen LogP contribution in [0.5, 0.6) is 0 Å². The van der Waals surface area contributed by atoms with Crippen LogP contribution in [0.2, 0.25) is 5.02 Å². The lowest BCUT2D eigenvalue weighted by Crippen LogP contribution is -2.12. The smallest absolute Gasteiger partial charge is 0.277 e. The maximum Gasteiger partial charge on any atom is 0.277 e. The minimum atomic E-state index is -1.44. The molecule has 0 saturated heterocycles. The molecular weight excluding hydrogens is 367 g/mol. The van der Waals surface area contributed by atoms with Gasteiger partial charge in [0.2, 0.25) is 0 Å². The number of carbonyl (C=O) groups excluding carboxylic acids is 1. The van der Waals surface area contributed by atoms with Crippen LogP contribution in [0, 0.1) is 5.82 Å². The topological polar surface area (TPSA) is 76.9 Å². The Balaban J connectivity index is 1.80. The first kappa shape index (κ1) is 17.2. The molecule has 1 amide bonds. The molecule has 3 aromatic rings. The van der Waals surface area contributed by atoms with Gasteiger partial charge in [-0.2, -0.15) is 0 Å². The number of benzene rings is 2. The van der Waals surface area contributed by atoms with Gasteiger partial charge >= 0.3 is 0 Å². The molecular formula is C16H12ClFN4O2S. The molecule has 128 valence electrons. The predicted octanol–water partition coefficient (Wildman–Crippen LogP) is 3.05. The van der Waals surface area contributed by atoms with Gasteiger partial charge in [0.15, 0.2) is 5.69 Å². The SMILES string of the molecule is C[S@](=O)c1ccc(NC(=O)c2cn(-c3ccccc3Cl)nn2)cc1F. The van der Waals surface area contributed by atoms with E-state index < -0.39 is 22.5 Å². The van der Waals surface area contributed by atoms with E-state index in [1.54, 1.807) is 24.3 Å². The molecule has 0 fully saturated rings. The zero-order valence-electron chi connectivity index (χ0n) is 12.9. The molecule has 0 radical (unpaired) electrons. The van der Waals surface area contributed by atoms with Crippen LogP contribution >= 0.6 is 11.6 Å². The van der Waals surface area contributed by atoms with Crippen molar-refractivity contribution in [2.45, 2.75) is 4.90 Å². The highest BCUT2D eigenvalue weighted by molar-refractivity contribution is 7.84. The van der Waals surface area contributed by atoms with E-state index in [0.29, 0.717) is 10.7 Å². The predicted molar refractivity (Wildman–Crippen MR) is 93.1 cm³/mol. The first-order chi connectivity index (χ1) is 12.0. The lowest BCUT2D eigenvalue weighted by Gasteiger charge is -2.05. The average Bonchev–Trinajstić information content (AvgIpc) is 3.05. The number of aromatic nitrogens is 3. The van der Waals surface area contributed by atoms with Crippen molar-refractivity contribution in [1.29, 1.82) is 0 Å². The summed E-state index contributed by atoms with van der Waals surface area (Å²) in [6.45, 7) is 0. The highest BCUT2D eigenvalue weighted by Gasteiger charge is 2.14. The Morgan fingerprint density at radius 2 is 2.04 bits per heavy atom. The number of nitrogens with one attached hydrogen (secondary N) is 1. The molecule has 0 aliphatic rings. The minimum Gasteiger partial charge on any atom is -0.320 e. The molecule has 25 heavy (non-hydrogen) atoms. The molecule has 0 unspecified atom stereocenters. The molecule has 1 atom stereocenters. The number of halogens is 2. The van der Waals surface area contributed by atoms with E-state index in [-0.39, 0.29) is 16.3 Å². The van der Waals surface area contributed by atoms with Crippen molar-refractivity contribution >= 4 is 34.0 Å². The molecule has 0 spiro atoms. The first-order valence-electron chi connectivity index (χ1n) is 7.07. The highest BCUT2D eigenvalue weighted by atomic mass is 35.5. The Labute approximate surface area is 150 Å². The summed E-state index contributed by atoms with van der Waals surface area (Å²) < 4.78 is 26.5. The molecule has 1 N–H and O–H groups in total. The summed E-state index contributed by atoms with van der Waals surface area (Å²) in [5, 5.41) is 10.7. The second-order valence-corrected chi connectivity index (χ2v) is 6.81.